The Hall–Kier alpha value is -3.08. The zero-order chi connectivity index (χ0) is 17.3. The first-order chi connectivity index (χ1) is 11.5. The molecule has 0 aromatic heterocycles. The molecule has 0 saturated carbocycles. The van der Waals surface area contributed by atoms with Crippen molar-refractivity contribution in [3.05, 3.63) is 65.2 Å². The second-order valence-electron chi connectivity index (χ2n) is 5.69. The number of phenolic OH excluding ortho intramolecular Hbond substituents is 1. The molecule has 0 saturated heterocycles. The Kier molecular flexibility index (Phi) is 4.08. The van der Waals surface area contributed by atoms with Crippen molar-refractivity contribution < 1.29 is 19.5 Å². The van der Waals surface area contributed by atoms with Crippen molar-refractivity contribution in [1.29, 1.82) is 0 Å². The molecule has 122 valence electrons. The number of likely N-dealkylation sites (N-methyl/N-ethyl adjacent to an activating group) is 1. The van der Waals surface area contributed by atoms with Crippen LogP contribution in [0.5, 0.6) is 11.5 Å². The first-order valence-electron chi connectivity index (χ1n) is 7.56. The Morgan fingerprint density at radius 3 is 2.62 bits per heavy atom. The van der Waals surface area contributed by atoms with Gasteiger partial charge in [0, 0.05) is 18.2 Å². The Bertz CT molecular complexity index is 824. The zero-order valence-electron chi connectivity index (χ0n) is 13.4. The number of amides is 1. The van der Waals surface area contributed by atoms with Crippen LogP contribution in [-0.4, -0.2) is 28.9 Å². The fourth-order valence-electron chi connectivity index (χ4n) is 2.58. The molecule has 1 atom stereocenters. The van der Waals surface area contributed by atoms with Crippen LogP contribution in [0.1, 0.15) is 34.3 Å². The van der Waals surface area contributed by atoms with Gasteiger partial charge >= 0.3 is 0 Å². The number of carbonyl (C=O) groups is 2. The summed E-state index contributed by atoms with van der Waals surface area (Å²) in [7, 11) is 1.56. The topological polar surface area (TPSA) is 66.8 Å². The largest absolute Gasteiger partial charge is 0.508 e. The van der Waals surface area contributed by atoms with Crippen LogP contribution in [-0.2, 0) is 4.79 Å². The van der Waals surface area contributed by atoms with Crippen molar-refractivity contribution in [2.75, 3.05) is 7.05 Å². The van der Waals surface area contributed by atoms with Crippen LogP contribution in [0.15, 0.2) is 48.5 Å². The highest BCUT2D eigenvalue weighted by molar-refractivity contribution is 6.07. The highest BCUT2D eigenvalue weighted by Gasteiger charge is 2.29. The number of nitrogens with zero attached hydrogens (tertiary/aromatic N) is 1. The maximum Gasteiger partial charge on any atom is 0.262 e. The Morgan fingerprint density at radius 1 is 1.21 bits per heavy atom. The molecule has 0 spiro atoms. The van der Waals surface area contributed by atoms with E-state index in [-0.39, 0.29) is 23.4 Å². The second-order valence-corrected chi connectivity index (χ2v) is 5.69. The predicted molar refractivity (Wildman–Crippen MR) is 89.7 cm³/mol. The minimum absolute atomic E-state index is 0.117. The van der Waals surface area contributed by atoms with Crippen LogP contribution in [0.3, 0.4) is 0 Å². The molecule has 24 heavy (non-hydrogen) atoms. The first-order valence-corrected chi connectivity index (χ1v) is 7.56. The molecule has 1 heterocycles. The molecule has 1 aliphatic heterocycles. The molecule has 1 aliphatic rings. The average Bonchev–Trinajstić information content (AvgIpc) is 2.58. The number of phenols is 1. The molecule has 5 heteroatoms. The van der Waals surface area contributed by atoms with E-state index < -0.39 is 0 Å². The van der Waals surface area contributed by atoms with Crippen LogP contribution in [0.25, 0.3) is 6.08 Å². The van der Waals surface area contributed by atoms with Crippen molar-refractivity contribution >= 4 is 17.8 Å². The lowest BCUT2D eigenvalue weighted by atomic mass is 9.95. The summed E-state index contributed by atoms with van der Waals surface area (Å²) in [6, 6.07) is 11.7. The lowest BCUT2D eigenvalue weighted by Gasteiger charge is -2.29. The third-order valence-corrected chi connectivity index (χ3v) is 4.00. The maximum absolute atomic E-state index is 12.3. The average molecular weight is 323 g/mol. The molecule has 2 aromatic carbocycles. The number of hydrogen-bond acceptors (Lipinski definition) is 4. The van der Waals surface area contributed by atoms with Crippen molar-refractivity contribution in [2.24, 2.45) is 0 Å². The lowest BCUT2D eigenvalue weighted by molar-refractivity contribution is -0.157. The molecule has 3 rings (SSSR count). The molecule has 1 unspecified atom stereocenters. The van der Waals surface area contributed by atoms with E-state index in [0.29, 0.717) is 11.3 Å². The number of rotatable bonds is 3. The first kappa shape index (κ1) is 15.8. The summed E-state index contributed by atoms with van der Waals surface area (Å²) in [4.78, 5) is 29.7. The Morgan fingerprint density at radius 2 is 1.92 bits per heavy atom. The fourth-order valence-corrected chi connectivity index (χ4v) is 2.58. The van der Waals surface area contributed by atoms with Gasteiger partial charge in [0.15, 0.2) is 11.5 Å². The van der Waals surface area contributed by atoms with E-state index in [1.165, 1.54) is 11.1 Å². The smallest absolute Gasteiger partial charge is 0.262 e. The normalized spacial score (nSPS) is 16.8. The lowest BCUT2D eigenvalue weighted by Crippen LogP contribution is -2.37. The Balaban J connectivity index is 1.83. The number of hydrogen-bond donors (Lipinski definition) is 1. The number of aromatic hydroxyl groups is 1. The molecule has 5 nitrogen and oxygen atoms in total. The molecule has 0 radical (unpaired) electrons. The summed E-state index contributed by atoms with van der Waals surface area (Å²) in [5.41, 5.74) is 2.07. The highest BCUT2D eigenvalue weighted by atomic mass is 16.7. The fraction of sp³-hybridized carbons (Fsp3) is 0.158. The van der Waals surface area contributed by atoms with E-state index >= 15 is 0 Å². The van der Waals surface area contributed by atoms with Gasteiger partial charge in [-0.25, -0.2) is 0 Å². The number of ketones is 1. The van der Waals surface area contributed by atoms with Crippen LogP contribution in [0.4, 0.5) is 0 Å². The van der Waals surface area contributed by atoms with Crippen molar-refractivity contribution in [3.8, 4) is 11.5 Å². The summed E-state index contributed by atoms with van der Waals surface area (Å²) in [6.07, 6.45) is 3.15. The molecule has 0 bridgehead atoms. The van der Waals surface area contributed by atoms with Crippen LogP contribution in [0, 0.1) is 0 Å². The summed E-state index contributed by atoms with van der Waals surface area (Å²) in [5, 5.41) is 10.4. The van der Waals surface area contributed by atoms with Gasteiger partial charge in [0.1, 0.15) is 5.75 Å². The third-order valence-electron chi connectivity index (χ3n) is 4.00. The maximum atomic E-state index is 12.3. The molecular formula is C19H17NO4. The number of carbonyl (C=O) groups excluding carboxylic acids is 2. The molecular weight excluding hydrogens is 306 g/mol. The van der Waals surface area contributed by atoms with Gasteiger partial charge in [-0.3, -0.25) is 9.59 Å². The van der Waals surface area contributed by atoms with Crippen LogP contribution < -0.4 is 4.84 Å². The zero-order valence-corrected chi connectivity index (χ0v) is 13.4. The van der Waals surface area contributed by atoms with E-state index in [9.17, 15) is 14.7 Å². The van der Waals surface area contributed by atoms with Gasteiger partial charge in [-0.15, -0.1) is 0 Å². The number of allylic oxidation sites excluding steroid dienone is 1. The summed E-state index contributed by atoms with van der Waals surface area (Å²) >= 11 is 0. The van der Waals surface area contributed by atoms with Crippen molar-refractivity contribution in [2.45, 2.75) is 12.8 Å². The molecule has 1 N–H and O–H groups in total. The predicted octanol–water partition coefficient (Wildman–Crippen LogP) is 3.16. The standard InChI is InChI=1S/C19H17NO4/c1-12-16-9-6-14(11-18(16)24-20(2)19(12)23)17(22)10-5-13-3-7-15(21)8-4-13/h3-12,21H,1-2H3. The number of hydroxylamine groups is 2. The van der Waals surface area contributed by atoms with Crippen molar-refractivity contribution in [1.82, 2.24) is 5.06 Å². The van der Waals surface area contributed by atoms with Crippen LogP contribution >= 0.6 is 0 Å². The van der Waals surface area contributed by atoms with Gasteiger partial charge in [-0.2, -0.15) is 5.06 Å². The van der Waals surface area contributed by atoms with Gasteiger partial charge < -0.3 is 9.94 Å². The van der Waals surface area contributed by atoms with E-state index in [4.69, 9.17) is 4.84 Å². The molecule has 0 fully saturated rings. The van der Waals surface area contributed by atoms with Gasteiger partial charge in [-0.05, 0) is 36.8 Å². The number of fused-ring (bicyclic) bond motifs is 1. The van der Waals surface area contributed by atoms with Gasteiger partial charge in [0.05, 0.1) is 5.92 Å². The van der Waals surface area contributed by atoms with Gasteiger partial charge in [-0.1, -0.05) is 30.3 Å². The number of benzene rings is 2. The molecule has 1 amide bonds. The van der Waals surface area contributed by atoms with E-state index in [2.05, 4.69) is 0 Å². The van der Waals surface area contributed by atoms with Crippen molar-refractivity contribution in [3.63, 3.8) is 0 Å². The summed E-state index contributed by atoms with van der Waals surface area (Å²) in [6.45, 7) is 1.81. The van der Waals surface area contributed by atoms with E-state index in [0.717, 1.165) is 11.1 Å². The van der Waals surface area contributed by atoms with Gasteiger partial charge in [0.25, 0.3) is 5.91 Å². The quantitative estimate of drug-likeness (QED) is 0.696. The highest BCUT2D eigenvalue weighted by Crippen LogP contribution is 2.33. The monoisotopic (exact) mass is 323 g/mol. The minimum Gasteiger partial charge on any atom is -0.508 e. The van der Waals surface area contributed by atoms with E-state index in [1.54, 1.807) is 55.6 Å². The third kappa shape index (κ3) is 3.01. The summed E-state index contributed by atoms with van der Waals surface area (Å²) < 4.78 is 0. The molecule has 0 aliphatic carbocycles. The SMILES string of the molecule is CC1C(=O)N(C)Oc2cc(C(=O)C=Cc3ccc(O)cc3)ccc21. The summed E-state index contributed by atoms with van der Waals surface area (Å²) in [5.74, 6) is 0.123. The van der Waals surface area contributed by atoms with E-state index in [1.807, 2.05) is 6.92 Å². The molecule has 2 aromatic rings. The van der Waals surface area contributed by atoms with Crippen LogP contribution in [0.2, 0.25) is 0 Å². The Labute approximate surface area is 139 Å². The minimum atomic E-state index is -0.296. The van der Waals surface area contributed by atoms with Gasteiger partial charge in [0.2, 0.25) is 0 Å². The second kappa shape index (κ2) is 6.20.